The molecule has 1 N–H and O–H groups in total. The number of aromatic nitrogens is 2. The smallest absolute Gasteiger partial charge is 0.0648 e. The standard InChI is InChI=1S/C13H17N3/c1-10-8-11(2)16(15-10)13-6-4-12(5-7-13)9-14-3/h4-8,14H,9H2,1-3H3. The van der Waals surface area contributed by atoms with Gasteiger partial charge < -0.3 is 5.32 Å². The molecule has 1 heterocycles. The highest BCUT2D eigenvalue weighted by Gasteiger charge is 2.02. The molecule has 2 aromatic rings. The summed E-state index contributed by atoms with van der Waals surface area (Å²) in [7, 11) is 1.95. The Labute approximate surface area is 96.1 Å². The van der Waals surface area contributed by atoms with Crippen LogP contribution in [-0.2, 0) is 6.54 Å². The molecule has 84 valence electrons. The van der Waals surface area contributed by atoms with Crippen LogP contribution in [0.1, 0.15) is 17.0 Å². The topological polar surface area (TPSA) is 29.9 Å². The van der Waals surface area contributed by atoms with Crippen molar-refractivity contribution in [1.82, 2.24) is 15.1 Å². The number of nitrogens with one attached hydrogen (secondary N) is 1. The molecular formula is C13H17N3. The van der Waals surface area contributed by atoms with E-state index in [0.717, 1.165) is 17.9 Å². The highest BCUT2D eigenvalue weighted by atomic mass is 15.3. The van der Waals surface area contributed by atoms with Crippen molar-refractivity contribution in [2.75, 3.05) is 7.05 Å². The Morgan fingerprint density at radius 1 is 1.19 bits per heavy atom. The first kappa shape index (κ1) is 10.9. The van der Waals surface area contributed by atoms with Crippen molar-refractivity contribution in [3.8, 4) is 5.69 Å². The lowest BCUT2D eigenvalue weighted by Gasteiger charge is -2.05. The summed E-state index contributed by atoms with van der Waals surface area (Å²) in [4.78, 5) is 0. The summed E-state index contributed by atoms with van der Waals surface area (Å²) in [5, 5.41) is 7.59. The summed E-state index contributed by atoms with van der Waals surface area (Å²) in [6, 6.07) is 10.5. The van der Waals surface area contributed by atoms with Crippen molar-refractivity contribution >= 4 is 0 Å². The van der Waals surface area contributed by atoms with E-state index < -0.39 is 0 Å². The summed E-state index contributed by atoms with van der Waals surface area (Å²) >= 11 is 0. The number of aryl methyl sites for hydroxylation is 2. The van der Waals surface area contributed by atoms with Gasteiger partial charge in [0.1, 0.15) is 0 Å². The summed E-state index contributed by atoms with van der Waals surface area (Å²) in [6.07, 6.45) is 0. The maximum atomic E-state index is 4.46. The normalized spacial score (nSPS) is 10.7. The van der Waals surface area contributed by atoms with Crippen molar-refractivity contribution in [2.24, 2.45) is 0 Å². The molecule has 0 bridgehead atoms. The second kappa shape index (κ2) is 4.49. The van der Waals surface area contributed by atoms with Gasteiger partial charge in [-0.3, -0.25) is 0 Å². The molecule has 0 aliphatic heterocycles. The van der Waals surface area contributed by atoms with Gasteiger partial charge in [0.2, 0.25) is 0 Å². The van der Waals surface area contributed by atoms with Crippen LogP contribution < -0.4 is 5.32 Å². The number of hydrogen-bond donors (Lipinski definition) is 1. The predicted molar refractivity (Wildman–Crippen MR) is 65.8 cm³/mol. The Hall–Kier alpha value is -1.61. The molecule has 1 aromatic carbocycles. The Morgan fingerprint density at radius 3 is 2.38 bits per heavy atom. The third kappa shape index (κ3) is 2.14. The van der Waals surface area contributed by atoms with Crippen molar-refractivity contribution in [3.63, 3.8) is 0 Å². The minimum Gasteiger partial charge on any atom is -0.316 e. The molecule has 1 aromatic heterocycles. The van der Waals surface area contributed by atoms with E-state index in [1.807, 2.05) is 18.7 Å². The lowest BCUT2D eigenvalue weighted by Crippen LogP contribution is -2.05. The van der Waals surface area contributed by atoms with Gasteiger partial charge in [-0.25, -0.2) is 4.68 Å². The van der Waals surface area contributed by atoms with Gasteiger partial charge in [-0.05, 0) is 44.7 Å². The molecule has 0 fully saturated rings. The Balaban J connectivity index is 2.31. The predicted octanol–water partition coefficient (Wildman–Crippen LogP) is 2.21. The van der Waals surface area contributed by atoms with E-state index >= 15 is 0 Å². The Bertz CT molecular complexity index is 468. The van der Waals surface area contributed by atoms with Crippen LogP contribution in [0.4, 0.5) is 0 Å². The second-order valence-corrected chi connectivity index (χ2v) is 4.04. The molecule has 0 atom stereocenters. The van der Waals surface area contributed by atoms with Crippen molar-refractivity contribution in [1.29, 1.82) is 0 Å². The van der Waals surface area contributed by atoms with E-state index in [0.29, 0.717) is 0 Å². The molecule has 16 heavy (non-hydrogen) atoms. The average Bonchev–Trinajstić information content (AvgIpc) is 2.59. The van der Waals surface area contributed by atoms with Crippen molar-refractivity contribution < 1.29 is 0 Å². The molecule has 2 rings (SSSR count). The highest BCUT2D eigenvalue weighted by Crippen LogP contribution is 2.12. The first-order chi connectivity index (χ1) is 7.70. The summed E-state index contributed by atoms with van der Waals surface area (Å²) < 4.78 is 1.97. The van der Waals surface area contributed by atoms with E-state index in [-0.39, 0.29) is 0 Å². The van der Waals surface area contributed by atoms with Gasteiger partial charge in [0.05, 0.1) is 11.4 Å². The summed E-state index contributed by atoms with van der Waals surface area (Å²) in [6.45, 7) is 4.98. The van der Waals surface area contributed by atoms with Gasteiger partial charge in [0, 0.05) is 12.2 Å². The molecule has 0 saturated carbocycles. The molecule has 0 spiro atoms. The first-order valence-electron chi connectivity index (χ1n) is 5.48. The molecule has 0 unspecified atom stereocenters. The zero-order valence-corrected chi connectivity index (χ0v) is 9.99. The molecule has 0 saturated heterocycles. The molecule has 3 heteroatoms. The molecular weight excluding hydrogens is 198 g/mol. The van der Waals surface area contributed by atoms with Gasteiger partial charge in [-0.1, -0.05) is 12.1 Å². The Morgan fingerprint density at radius 2 is 1.88 bits per heavy atom. The van der Waals surface area contributed by atoms with Crippen LogP contribution in [0.2, 0.25) is 0 Å². The van der Waals surface area contributed by atoms with Crippen LogP contribution in [-0.4, -0.2) is 16.8 Å². The maximum Gasteiger partial charge on any atom is 0.0648 e. The van der Waals surface area contributed by atoms with E-state index in [4.69, 9.17) is 0 Å². The first-order valence-corrected chi connectivity index (χ1v) is 5.48. The lowest BCUT2D eigenvalue weighted by atomic mass is 10.2. The van der Waals surface area contributed by atoms with Gasteiger partial charge >= 0.3 is 0 Å². The molecule has 3 nitrogen and oxygen atoms in total. The fraction of sp³-hybridized carbons (Fsp3) is 0.308. The Kier molecular flexibility index (Phi) is 3.06. The zero-order valence-electron chi connectivity index (χ0n) is 9.99. The van der Waals surface area contributed by atoms with Crippen molar-refractivity contribution in [3.05, 3.63) is 47.3 Å². The van der Waals surface area contributed by atoms with E-state index in [1.54, 1.807) is 0 Å². The van der Waals surface area contributed by atoms with Gasteiger partial charge in [0.15, 0.2) is 0 Å². The minimum atomic E-state index is 0.900. The monoisotopic (exact) mass is 215 g/mol. The fourth-order valence-electron chi connectivity index (χ4n) is 1.85. The SMILES string of the molecule is CNCc1ccc(-n2nc(C)cc2C)cc1. The number of hydrogen-bond acceptors (Lipinski definition) is 2. The lowest BCUT2D eigenvalue weighted by molar-refractivity contribution is 0.810. The fourth-order valence-corrected chi connectivity index (χ4v) is 1.85. The molecule has 0 aliphatic carbocycles. The average molecular weight is 215 g/mol. The number of rotatable bonds is 3. The highest BCUT2D eigenvalue weighted by molar-refractivity contribution is 5.35. The molecule has 0 radical (unpaired) electrons. The largest absolute Gasteiger partial charge is 0.316 e. The third-order valence-corrected chi connectivity index (χ3v) is 2.57. The van der Waals surface area contributed by atoms with Crippen LogP contribution in [0.15, 0.2) is 30.3 Å². The zero-order chi connectivity index (χ0) is 11.5. The van der Waals surface area contributed by atoms with Gasteiger partial charge in [-0.15, -0.1) is 0 Å². The van der Waals surface area contributed by atoms with Crippen LogP contribution in [0, 0.1) is 13.8 Å². The van der Waals surface area contributed by atoms with Crippen LogP contribution in [0.5, 0.6) is 0 Å². The molecule has 0 aliphatic rings. The van der Waals surface area contributed by atoms with E-state index in [9.17, 15) is 0 Å². The van der Waals surface area contributed by atoms with Gasteiger partial charge in [0.25, 0.3) is 0 Å². The summed E-state index contributed by atoms with van der Waals surface area (Å²) in [5.74, 6) is 0. The minimum absolute atomic E-state index is 0.900. The quantitative estimate of drug-likeness (QED) is 0.850. The van der Waals surface area contributed by atoms with Crippen LogP contribution >= 0.6 is 0 Å². The van der Waals surface area contributed by atoms with E-state index in [1.165, 1.54) is 11.3 Å². The third-order valence-electron chi connectivity index (χ3n) is 2.57. The maximum absolute atomic E-state index is 4.46. The van der Waals surface area contributed by atoms with E-state index in [2.05, 4.69) is 47.7 Å². The number of nitrogens with zero attached hydrogens (tertiary/aromatic N) is 2. The van der Waals surface area contributed by atoms with Gasteiger partial charge in [-0.2, -0.15) is 5.10 Å². The number of benzene rings is 1. The summed E-state index contributed by atoms with van der Waals surface area (Å²) in [5.41, 5.74) is 4.62. The van der Waals surface area contributed by atoms with Crippen molar-refractivity contribution in [2.45, 2.75) is 20.4 Å². The van der Waals surface area contributed by atoms with Crippen LogP contribution in [0.25, 0.3) is 5.69 Å². The van der Waals surface area contributed by atoms with Crippen LogP contribution in [0.3, 0.4) is 0 Å². The molecule has 0 amide bonds. The second-order valence-electron chi connectivity index (χ2n) is 4.04.